The van der Waals surface area contributed by atoms with Crippen LogP contribution in [0.4, 0.5) is 0 Å². The summed E-state index contributed by atoms with van der Waals surface area (Å²) in [5, 5.41) is 0. The fourth-order valence-electron chi connectivity index (χ4n) is 5.84. The lowest BCUT2D eigenvalue weighted by Crippen LogP contribution is -2.56. The van der Waals surface area contributed by atoms with Crippen molar-refractivity contribution in [1.29, 1.82) is 0 Å². The van der Waals surface area contributed by atoms with Gasteiger partial charge in [-0.25, -0.2) is 0 Å². The first-order chi connectivity index (χ1) is 12.5. The van der Waals surface area contributed by atoms with Gasteiger partial charge < -0.3 is 0 Å². The Labute approximate surface area is 181 Å². The Morgan fingerprint density at radius 1 is 0.654 bits per heavy atom. The van der Waals surface area contributed by atoms with E-state index in [1.165, 1.54) is 57.3 Å². The van der Waals surface area contributed by atoms with Gasteiger partial charge in [0.25, 0.3) is 0 Å². The molecule has 26 heavy (non-hydrogen) atoms. The van der Waals surface area contributed by atoms with Crippen molar-refractivity contribution in [3.05, 3.63) is 57.5 Å². The van der Waals surface area contributed by atoms with Gasteiger partial charge in [-0.2, -0.15) is 0 Å². The molecule has 6 rings (SSSR count). The molecule has 0 aromatic heterocycles. The molecule has 0 spiro atoms. The van der Waals surface area contributed by atoms with E-state index in [2.05, 4.69) is 104 Å². The fraction of sp³-hybridized carbons (Fsp3) is 0.455. The van der Waals surface area contributed by atoms with E-state index in [-0.39, 0.29) is 0 Å². The predicted octanol–water partition coefficient (Wildman–Crippen LogP) is 8.19. The van der Waals surface area contributed by atoms with E-state index < -0.39 is 0 Å². The molecule has 4 heteroatoms. The van der Waals surface area contributed by atoms with Crippen LogP contribution < -0.4 is 0 Å². The Morgan fingerprint density at radius 3 is 1.42 bits per heavy atom. The van der Waals surface area contributed by atoms with Crippen LogP contribution in [0.25, 0.3) is 0 Å². The third-order valence-corrected chi connectivity index (χ3v) is 10.1. The van der Waals surface area contributed by atoms with Crippen LogP contribution in [0.15, 0.2) is 67.3 Å². The quantitative estimate of drug-likeness (QED) is 0.407. The van der Waals surface area contributed by atoms with Crippen molar-refractivity contribution in [2.45, 2.75) is 57.8 Å². The van der Waals surface area contributed by atoms with Crippen LogP contribution in [0.3, 0.4) is 0 Å². The third kappa shape index (κ3) is 3.56. The smallest absolute Gasteiger partial charge is 0.0225 e. The molecule has 0 N–H and O–H groups in total. The van der Waals surface area contributed by atoms with Crippen LogP contribution in [-0.2, 0) is 0 Å². The maximum Gasteiger partial charge on any atom is 0.0225 e. The summed E-state index contributed by atoms with van der Waals surface area (Å²) in [5.41, 5.74) is 0. The molecule has 0 unspecified atom stereocenters. The number of hydrogen-bond acceptors (Lipinski definition) is 2. The molecule has 0 aliphatic heterocycles. The van der Waals surface area contributed by atoms with Gasteiger partial charge in [0.1, 0.15) is 0 Å². The molecule has 136 valence electrons. The van der Waals surface area contributed by atoms with Crippen molar-refractivity contribution in [2.75, 3.05) is 0 Å². The molecule has 4 aliphatic rings. The maximum absolute atomic E-state index is 3.57. The molecular formula is C22H22Br2S2. The van der Waals surface area contributed by atoms with E-state index in [0.717, 1.165) is 11.8 Å². The highest BCUT2D eigenvalue weighted by atomic mass is 79.9. The molecule has 4 saturated carbocycles. The van der Waals surface area contributed by atoms with E-state index in [1.807, 2.05) is 0 Å². The third-order valence-electron chi connectivity index (χ3n) is 6.25. The van der Waals surface area contributed by atoms with Crippen molar-refractivity contribution in [3.63, 3.8) is 0 Å². The second-order valence-electron chi connectivity index (χ2n) is 8.44. The molecule has 4 fully saturated rings. The highest BCUT2D eigenvalue weighted by molar-refractivity contribution is 9.10. The fourth-order valence-corrected chi connectivity index (χ4v) is 9.98. The van der Waals surface area contributed by atoms with Gasteiger partial charge in [-0.1, -0.05) is 31.9 Å². The van der Waals surface area contributed by atoms with Crippen molar-refractivity contribution in [2.24, 2.45) is 11.8 Å². The molecule has 0 radical (unpaired) electrons. The van der Waals surface area contributed by atoms with Crippen molar-refractivity contribution in [3.8, 4) is 0 Å². The summed E-state index contributed by atoms with van der Waals surface area (Å²) in [6.07, 6.45) is 8.54. The number of halogens is 2. The Kier molecular flexibility index (Phi) is 4.79. The molecule has 0 saturated heterocycles. The zero-order valence-electron chi connectivity index (χ0n) is 14.6. The van der Waals surface area contributed by atoms with E-state index in [9.17, 15) is 0 Å². The molecule has 4 bridgehead atoms. The van der Waals surface area contributed by atoms with E-state index >= 15 is 0 Å². The van der Waals surface area contributed by atoms with Gasteiger partial charge in [-0.05, 0) is 98.9 Å². The minimum absolute atomic E-state index is 0.459. The number of benzene rings is 2. The molecule has 0 nitrogen and oxygen atoms in total. The average Bonchev–Trinajstić information content (AvgIpc) is 2.57. The van der Waals surface area contributed by atoms with Crippen molar-refractivity contribution < 1.29 is 0 Å². The first kappa shape index (κ1) is 18.1. The zero-order chi connectivity index (χ0) is 17.8. The van der Waals surface area contributed by atoms with Crippen LogP contribution in [0.1, 0.15) is 38.5 Å². The number of rotatable bonds is 4. The summed E-state index contributed by atoms with van der Waals surface area (Å²) in [4.78, 5) is 2.89. The summed E-state index contributed by atoms with van der Waals surface area (Å²) in [7, 11) is 0. The normalized spacial score (nSPS) is 35.0. The SMILES string of the molecule is Brc1ccc(SC23CC4CC(C2)CC(Sc2ccc(Br)cc2)(C4)C3)cc1. The molecule has 0 heterocycles. The van der Waals surface area contributed by atoms with E-state index in [1.54, 1.807) is 0 Å². The van der Waals surface area contributed by atoms with Gasteiger partial charge in [0.2, 0.25) is 0 Å². The monoisotopic (exact) mass is 508 g/mol. The molecule has 2 aromatic rings. The number of hydrogen-bond donors (Lipinski definition) is 0. The first-order valence-electron chi connectivity index (χ1n) is 9.41. The van der Waals surface area contributed by atoms with Crippen LogP contribution in [0.2, 0.25) is 0 Å². The summed E-state index contributed by atoms with van der Waals surface area (Å²) in [6.45, 7) is 0. The van der Waals surface area contributed by atoms with Gasteiger partial charge in [0.05, 0.1) is 0 Å². The maximum atomic E-state index is 3.57. The molecule has 2 aromatic carbocycles. The van der Waals surface area contributed by atoms with Gasteiger partial charge in [0.15, 0.2) is 0 Å². The standard InChI is InChI=1S/C22H22Br2S2/c23-17-1-5-19(6-2-17)25-21-10-15-9-16(11-21)13-22(12-15,14-21)26-20-7-3-18(24)4-8-20/h1-8,15-16H,9-14H2. The molecular weight excluding hydrogens is 488 g/mol. The van der Waals surface area contributed by atoms with Crippen LogP contribution in [-0.4, -0.2) is 9.49 Å². The largest absolute Gasteiger partial charge is 0.119 e. The summed E-state index contributed by atoms with van der Waals surface area (Å²) < 4.78 is 3.27. The molecule has 0 atom stereocenters. The van der Waals surface area contributed by atoms with Gasteiger partial charge in [-0.15, -0.1) is 23.5 Å². The Morgan fingerprint density at radius 2 is 1.04 bits per heavy atom. The lowest BCUT2D eigenvalue weighted by Gasteiger charge is -2.61. The van der Waals surface area contributed by atoms with Gasteiger partial charge in [-0.3, -0.25) is 0 Å². The van der Waals surface area contributed by atoms with Crippen LogP contribution in [0, 0.1) is 11.8 Å². The predicted molar refractivity (Wildman–Crippen MR) is 120 cm³/mol. The highest BCUT2D eigenvalue weighted by Crippen LogP contribution is 2.67. The molecule has 4 aliphatic carbocycles. The summed E-state index contributed by atoms with van der Waals surface area (Å²) >= 11 is 11.5. The lowest BCUT2D eigenvalue weighted by molar-refractivity contribution is 0.0575. The average molecular weight is 510 g/mol. The Balaban J connectivity index is 1.42. The second-order valence-corrected chi connectivity index (χ2v) is 13.4. The summed E-state index contributed by atoms with van der Waals surface area (Å²) in [6, 6.07) is 17.9. The van der Waals surface area contributed by atoms with Gasteiger partial charge >= 0.3 is 0 Å². The number of thioether (sulfide) groups is 2. The summed E-state index contributed by atoms with van der Waals surface area (Å²) in [5.74, 6) is 1.87. The minimum Gasteiger partial charge on any atom is -0.119 e. The Hall–Kier alpha value is 0.1000. The second kappa shape index (κ2) is 6.86. The van der Waals surface area contributed by atoms with Gasteiger partial charge in [0, 0.05) is 28.2 Å². The topological polar surface area (TPSA) is 0 Å². The van der Waals surface area contributed by atoms with Crippen LogP contribution in [0.5, 0.6) is 0 Å². The highest BCUT2D eigenvalue weighted by Gasteiger charge is 2.58. The zero-order valence-corrected chi connectivity index (χ0v) is 19.4. The molecule has 0 amide bonds. The first-order valence-corrected chi connectivity index (χ1v) is 12.6. The van der Waals surface area contributed by atoms with E-state index in [4.69, 9.17) is 0 Å². The van der Waals surface area contributed by atoms with Crippen LogP contribution >= 0.6 is 55.4 Å². The lowest BCUT2D eigenvalue weighted by atomic mass is 9.55. The Bertz CT molecular complexity index is 720. The van der Waals surface area contributed by atoms with Crippen molar-refractivity contribution >= 4 is 55.4 Å². The minimum atomic E-state index is 0.459. The van der Waals surface area contributed by atoms with E-state index in [0.29, 0.717) is 9.49 Å². The van der Waals surface area contributed by atoms with Crippen molar-refractivity contribution in [1.82, 2.24) is 0 Å².